The van der Waals surface area contributed by atoms with Crippen LogP contribution in [0.5, 0.6) is 0 Å². The van der Waals surface area contributed by atoms with Gasteiger partial charge in [-0.2, -0.15) is 0 Å². The van der Waals surface area contributed by atoms with E-state index in [-0.39, 0.29) is 5.82 Å². The molecule has 0 saturated heterocycles. The van der Waals surface area contributed by atoms with Crippen LogP contribution in [-0.2, 0) is 4.79 Å². The fraction of sp³-hybridized carbons (Fsp3) is 0.462. The molecule has 0 amide bonds. The van der Waals surface area contributed by atoms with E-state index < -0.39 is 11.5 Å². The monoisotopic (exact) mass is 271 g/mol. The number of hydrogen-bond acceptors (Lipinski definition) is 3. The summed E-state index contributed by atoms with van der Waals surface area (Å²) < 4.78 is 12.7. The van der Waals surface area contributed by atoms with E-state index in [9.17, 15) is 14.3 Å². The lowest BCUT2D eigenvalue weighted by Gasteiger charge is -2.25. The summed E-state index contributed by atoms with van der Waals surface area (Å²) in [5, 5.41) is 12.3. The van der Waals surface area contributed by atoms with Gasteiger partial charge < -0.3 is 10.4 Å². The van der Waals surface area contributed by atoms with Crippen LogP contribution < -0.4 is 5.32 Å². The molecule has 0 fully saturated rings. The summed E-state index contributed by atoms with van der Waals surface area (Å²) in [6, 6.07) is 6.06. The Morgan fingerprint density at radius 2 is 2.06 bits per heavy atom. The van der Waals surface area contributed by atoms with E-state index in [4.69, 9.17) is 0 Å². The first kappa shape index (κ1) is 15.0. The number of hydrogen-bond donors (Lipinski definition) is 2. The van der Waals surface area contributed by atoms with Gasteiger partial charge in [0, 0.05) is 10.6 Å². The smallest absolute Gasteiger partial charge is 0.324 e. The Bertz CT molecular complexity index is 396. The summed E-state index contributed by atoms with van der Waals surface area (Å²) in [6.07, 6.45) is 0.879. The van der Waals surface area contributed by atoms with Crippen LogP contribution in [0.4, 0.5) is 4.39 Å². The molecule has 0 heterocycles. The Morgan fingerprint density at radius 3 is 2.56 bits per heavy atom. The maximum Gasteiger partial charge on any atom is 0.324 e. The van der Waals surface area contributed by atoms with E-state index in [0.717, 1.165) is 11.3 Å². The summed E-state index contributed by atoms with van der Waals surface area (Å²) in [7, 11) is 0. The highest BCUT2D eigenvalue weighted by Gasteiger charge is 2.32. The van der Waals surface area contributed by atoms with Gasteiger partial charge in [0.05, 0.1) is 0 Å². The minimum Gasteiger partial charge on any atom is -0.480 e. The van der Waals surface area contributed by atoms with Gasteiger partial charge in [-0.25, -0.2) is 4.39 Å². The minimum atomic E-state index is -0.963. The van der Waals surface area contributed by atoms with Crippen molar-refractivity contribution in [3.63, 3.8) is 0 Å². The molecule has 5 heteroatoms. The molecule has 0 spiro atoms. The average molecular weight is 271 g/mol. The molecule has 0 aliphatic rings. The number of nitrogens with one attached hydrogen (secondary N) is 1. The number of benzene rings is 1. The minimum absolute atomic E-state index is 0.288. The fourth-order valence-electron chi connectivity index (χ4n) is 1.35. The lowest BCUT2D eigenvalue weighted by molar-refractivity contribution is -0.143. The molecule has 100 valence electrons. The van der Waals surface area contributed by atoms with Gasteiger partial charge in [-0.3, -0.25) is 4.79 Å². The van der Waals surface area contributed by atoms with Gasteiger partial charge in [0.15, 0.2) is 0 Å². The first-order chi connectivity index (χ1) is 8.48. The van der Waals surface area contributed by atoms with Gasteiger partial charge in [0.2, 0.25) is 0 Å². The summed E-state index contributed by atoms with van der Waals surface area (Å²) >= 11 is 1.40. The SMILES string of the molecule is CCCNC(C)(CSc1ccc(F)cc1)C(=O)O. The first-order valence-electron chi connectivity index (χ1n) is 5.85. The predicted molar refractivity (Wildman–Crippen MR) is 71.5 cm³/mol. The van der Waals surface area contributed by atoms with Crippen LogP contribution in [0.25, 0.3) is 0 Å². The molecule has 0 radical (unpaired) electrons. The van der Waals surface area contributed by atoms with E-state index in [1.165, 1.54) is 23.9 Å². The molecule has 2 N–H and O–H groups in total. The number of carbonyl (C=O) groups is 1. The number of aliphatic carboxylic acids is 1. The molecule has 1 aromatic rings. The van der Waals surface area contributed by atoms with Crippen molar-refractivity contribution >= 4 is 17.7 Å². The van der Waals surface area contributed by atoms with Crippen LogP contribution in [0.3, 0.4) is 0 Å². The third kappa shape index (κ3) is 4.31. The highest BCUT2D eigenvalue weighted by Crippen LogP contribution is 2.23. The zero-order valence-corrected chi connectivity index (χ0v) is 11.4. The van der Waals surface area contributed by atoms with Gasteiger partial charge in [-0.05, 0) is 44.2 Å². The van der Waals surface area contributed by atoms with E-state index >= 15 is 0 Å². The maximum atomic E-state index is 12.7. The molecule has 0 aromatic heterocycles. The van der Waals surface area contributed by atoms with E-state index in [2.05, 4.69) is 5.32 Å². The summed E-state index contributed by atoms with van der Waals surface area (Å²) in [5.41, 5.74) is -0.963. The second-order valence-corrected chi connectivity index (χ2v) is 5.36. The molecule has 1 atom stereocenters. The highest BCUT2D eigenvalue weighted by atomic mass is 32.2. The molecule has 1 aromatic carbocycles. The lowest BCUT2D eigenvalue weighted by atomic mass is 10.1. The van der Waals surface area contributed by atoms with Gasteiger partial charge in [-0.15, -0.1) is 11.8 Å². The molecule has 0 saturated carbocycles. The van der Waals surface area contributed by atoms with Crippen molar-refractivity contribution in [2.45, 2.75) is 30.7 Å². The normalized spacial score (nSPS) is 14.2. The molecular weight excluding hydrogens is 253 g/mol. The van der Waals surface area contributed by atoms with Gasteiger partial charge in [0.1, 0.15) is 11.4 Å². The Kier molecular flexibility index (Phi) is 5.62. The third-order valence-electron chi connectivity index (χ3n) is 2.58. The molecule has 1 rings (SSSR count). The zero-order valence-electron chi connectivity index (χ0n) is 10.6. The Labute approximate surface area is 111 Å². The summed E-state index contributed by atoms with van der Waals surface area (Å²) in [6.45, 7) is 4.32. The average Bonchev–Trinajstić information content (AvgIpc) is 2.35. The van der Waals surface area contributed by atoms with Crippen molar-refractivity contribution in [1.82, 2.24) is 5.32 Å². The van der Waals surface area contributed by atoms with Gasteiger partial charge in [-0.1, -0.05) is 6.92 Å². The molecular formula is C13H18FNO2S. The van der Waals surface area contributed by atoms with Crippen LogP contribution >= 0.6 is 11.8 Å². The van der Waals surface area contributed by atoms with E-state index in [1.807, 2.05) is 6.92 Å². The summed E-state index contributed by atoms with van der Waals surface area (Å²) in [4.78, 5) is 12.1. The van der Waals surface area contributed by atoms with Crippen molar-refractivity contribution < 1.29 is 14.3 Å². The van der Waals surface area contributed by atoms with E-state index in [1.54, 1.807) is 19.1 Å². The van der Waals surface area contributed by atoms with Crippen molar-refractivity contribution in [1.29, 1.82) is 0 Å². The summed E-state index contributed by atoms with van der Waals surface area (Å²) in [5.74, 6) is -0.761. The largest absolute Gasteiger partial charge is 0.480 e. The van der Waals surface area contributed by atoms with Crippen LogP contribution in [0, 0.1) is 5.82 Å². The number of carboxylic acid groups (broad SMARTS) is 1. The Morgan fingerprint density at radius 1 is 1.44 bits per heavy atom. The highest BCUT2D eigenvalue weighted by molar-refractivity contribution is 7.99. The standard InChI is InChI=1S/C13H18FNO2S/c1-3-8-15-13(2,12(16)17)9-18-11-6-4-10(14)5-7-11/h4-7,15H,3,8-9H2,1-2H3,(H,16,17). The van der Waals surface area contributed by atoms with Gasteiger partial charge >= 0.3 is 5.97 Å². The quantitative estimate of drug-likeness (QED) is 0.749. The van der Waals surface area contributed by atoms with Crippen molar-refractivity contribution in [3.05, 3.63) is 30.1 Å². The Hall–Kier alpha value is -1.07. The first-order valence-corrected chi connectivity index (χ1v) is 6.83. The zero-order chi connectivity index (χ0) is 13.6. The Balaban J connectivity index is 2.62. The van der Waals surface area contributed by atoms with Crippen molar-refractivity contribution in [3.8, 4) is 0 Å². The van der Waals surface area contributed by atoms with E-state index in [0.29, 0.717) is 12.3 Å². The second-order valence-electron chi connectivity index (χ2n) is 4.31. The molecule has 0 aliphatic heterocycles. The molecule has 3 nitrogen and oxygen atoms in total. The number of halogens is 1. The molecule has 1 unspecified atom stereocenters. The van der Waals surface area contributed by atoms with Crippen LogP contribution in [0.1, 0.15) is 20.3 Å². The number of thioether (sulfide) groups is 1. The van der Waals surface area contributed by atoms with Crippen molar-refractivity contribution in [2.24, 2.45) is 0 Å². The number of carboxylic acids is 1. The second kappa shape index (κ2) is 6.75. The van der Waals surface area contributed by atoms with Crippen LogP contribution in [-0.4, -0.2) is 28.9 Å². The predicted octanol–water partition coefficient (Wildman–Crippen LogP) is 2.76. The molecule has 0 bridgehead atoms. The van der Waals surface area contributed by atoms with Gasteiger partial charge in [0.25, 0.3) is 0 Å². The lowest BCUT2D eigenvalue weighted by Crippen LogP contribution is -2.51. The molecule has 18 heavy (non-hydrogen) atoms. The van der Waals surface area contributed by atoms with Crippen molar-refractivity contribution in [2.75, 3.05) is 12.3 Å². The molecule has 0 aliphatic carbocycles. The number of rotatable bonds is 7. The van der Waals surface area contributed by atoms with Crippen LogP contribution in [0.15, 0.2) is 29.2 Å². The fourth-order valence-corrected chi connectivity index (χ4v) is 2.36. The third-order valence-corrected chi connectivity index (χ3v) is 3.91. The van der Waals surface area contributed by atoms with Crippen LogP contribution in [0.2, 0.25) is 0 Å². The topological polar surface area (TPSA) is 49.3 Å². The maximum absolute atomic E-state index is 12.7.